The molecule has 1 atom stereocenters. The number of hydrogen-bond donors (Lipinski definition) is 2. The SMILES string of the molecule is CCCCCNC1C=CC(O)=CC1=C=O. The van der Waals surface area contributed by atoms with Crippen LogP contribution in [0.1, 0.15) is 26.2 Å². The topological polar surface area (TPSA) is 49.3 Å². The fourth-order valence-corrected chi connectivity index (χ4v) is 1.50. The lowest BCUT2D eigenvalue weighted by molar-refractivity contribution is 0.427. The van der Waals surface area contributed by atoms with Gasteiger partial charge in [0.2, 0.25) is 0 Å². The highest BCUT2D eigenvalue weighted by Gasteiger charge is 2.13. The lowest BCUT2D eigenvalue weighted by Crippen LogP contribution is -2.31. The minimum atomic E-state index is -0.102. The zero-order valence-corrected chi connectivity index (χ0v) is 8.99. The predicted octanol–water partition coefficient (Wildman–Crippen LogP) is 1.90. The van der Waals surface area contributed by atoms with E-state index in [0.29, 0.717) is 5.57 Å². The summed E-state index contributed by atoms with van der Waals surface area (Å²) in [5.41, 5.74) is 0.464. The minimum absolute atomic E-state index is 0.102. The Hall–Kier alpha value is -1.31. The molecule has 0 aromatic rings. The van der Waals surface area contributed by atoms with E-state index < -0.39 is 0 Å². The van der Waals surface area contributed by atoms with Crippen molar-refractivity contribution in [2.75, 3.05) is 6.54 Å². The molecule has 82 valence electrons. The summed E-state index contributed by atoms with van der Waals surface area (Å²) >= 11 is 0. The molecule has 1 aliphatic carbocycles. The van der Waals surface area contributed by atoms with Crippen molar-refractivity contribution in [2.24, 2.45) is 0 Å². The van der Waals surface area contributed by atoms with Crippen LogP contribution in [-0.4, -0.2) is 23.6 Å². The molecule has 0 amide bonds. The van der Waals surface area contributed by atoms with Crippen LogP contribution in [0.5, 0.6) is 0 Å². The normalized spacial score (nSPS) is 19.9. The second-order valence-electron chi connectivity index (χ2n) is 3.62. The van der Waals surface area contributed by atoms with Crippen LogP contribution in [0.4, 0.5) is 0 Å². The van der Waals surface area contributed by atoms with Gasteiger partial charge in [-0.2, -0.15) is 0 Å². The molecule has 0 fully saturated rings. The number of rotatable bonds is 5. The summed E-state index contributed by atoms with van der Waals surface area (Å²) in [6.45, 7) is 3.03. The van der Waals surface area contributed by atoms with Gasteiger partial charge >= 0.3 is 0 Å². The van der Waals surface area contributed by atoms with E-state index in [9.17, 15) is 9.90 Å². The van der Waals surface area contributed by atoms with E-state index in [2.05, 4.69) is 12.2 Å². The molecule has 3 nitrogen and oxygen atoms in total. The van der Waals surface area contributed by atoms with Gasteiger partial charge in [0.05, 0.1) is 11.6 Å². The van der Waals surface area contributed by atoms with Crippen molar-refractivity contribution >= 4 is 5.94 Å². The zero-order valence-electron chi connectivity index (χ0n) is 8.99. The highest BCUT2D eigenvalue weighted by Crippen LogP contribution is 2.12. The maximum absolute atomic E-state index is 10.6. The van der Waals surface area contributed by atoms with E-state index in [4.69, 9.17) is 0 Å². The monoisotopic (exact) mass is 207 g/mol. The first-order chi connectivity index (χ1) is 7.27. The number of unbranched alkanes of at least 4 members (excludes halogenated alkanes) is 2. The molecule has 0 aromatic carbocycles. The molecule has 0 saturated carbocycles. The molecule has 0 aliphatic heterocycles. The van der Waals surface area contributed by atoms with Crippen LogP contribution >= 0.6 is 0 Å². The van der Waals surface area contributed by atoms with Crippen molar-refractivity contribution in [3.05, 3.63) is 29.6 Å². The first-order valence-corrected chi connectivity index (χ1v) is 5.35. The Morgan fingerprint density at radius 1 is 1.53 bits per heavy atom. The van der Waals surface area contributed by atoms with Crippen LogP contribution in [0.2, 0.25) is 0 Å². The summed E-state index contributed by atoms with van der Waals surface area (Å²) < 4.78 is 0. The summed E-state index contributed by atoms with van der Waals surface area (Å²) in [4.78, 5) is 10.6. The van der Waals surface area contributed by atoms with Crippen molar-refractivity contribution in [1.29, 1.82) is 0 Å². The second-order valence-corrected chi connectivity index (χ2v) is 3.62. The zero-order chi connectivity index (χ0) is 11.1. The molecule has 1 unspecified atom stereocenters. The average Bonchev–Trinajstić information content (AvgIpc) is 2.26. The first kappa shape index (κ1) is 11.8. The van der Waals surface area contributed by atoms with Gasteiger partial charge in [0.1, 0.15) is 11.7 Å². The van der Waals surface area contributed by atoms with E-state index >= 15 is 0 Å². The molecule has 0 aromatic heterocycles. The van der Waals surface area contributed by atoms with Crippen molar-refractivity contribution in [3.63, 3.8) is 0 Å². The average molecular weight is 207 g/mol. The third-order valence-corrected chi connectivity index (χ3v) is 2.36. The van der Waals surface area contributed by atoms with E-state index in [1.165, 1.54) is 18.9 Å². The Kier molecular flexibility index (Phi) is 4.88. The molecule has 3 heteroatoms. The Balaban J connectivity index is 2.43. The Bertz CT molecular complexity index is 312. The van der Waals surface area contributed by atoms with Crippen LogP contribution in [0.15, 0.2) is 29.6 Å². The van der Waals surface area contributed by atoms with Crippen LogP contribution in [0.3, 0.4) is 0 Å². The Morgan fingerprint density at radius 3 is 3.00 bits per heavy atom. The first-order valence-electron chi connectivity index (χ1n) is 5.35. The summed E-state index contributed by atoms with van der Waals surface area (Å²) in [6, 6.07) is -0.102. The molecular formula is C12H17NO2. The van der Waals surface area contributed by atoms with Gasteiger partial charge in [0.15, 0.2) is 0 Å². The van der Waals surface area contributed by atoms with Gasteiger partial charge in [0, 0.05) is 0 Å². The lowest BCUT2D eigenvalue weighted by atomic mass is 10.0. The van der Waals surface area contributed by atoms with Gasteiger partial charge in [-0.05, 0) is 25.1 Å². The van der Waals surface area contributed by atoms with Crippen LogP contribution in [0.25, 0.3) is 0 Å². The van der Waals surface area contributed by atoms with Gasteiger partial charge in [-0.15, -0.1) is 0 Å². The van der Waals surface area contributed by atoms with Gasteiger partial charge in [0.25, 0.3) is 0 Å². The molecule has 0 saturated heterocycles. The molecule has 15 heavy (non-hydrogen) atoms. The molecule has 0 bridgehead atoms. The lowest BCUT2D eigenvalue weighted by Gasteiger charge is -2.16. The summed E-state index contributed by atoms with van der Waals surface area (Å²) in [5, 5.41) is 12.4. The molecular weight excluding hydrogens is 190 g/mol. The predicted molar refractivity (Wildman–Crippen MR) is 60.4 cm³/mol. The maximum atomic E-state index is 10.6. The number of aliphatic hydroxyl groups is 1. The summed E-state index contributed by atoms with van der Waals surface area (Å²) in [6.07, 6.45) is 8.29. The van der Waals surface area contributed by atoms with Gasteiger partial charge in [-0.1, -0.05) is 25.8 Å². The largest absolute Gasteiger partial charge is 0.508 e. The molecule has 2 N–H and O–H groups in total. The minimum Gasteiger partial charge on any atom is -0.508 e. The Labute approximate surface area is 90.2 Å². The smallest absolute Gasteiger partial charge is 0.130 e. The van der Waals surface area contributed by atoms with Gasteiger partial charge in [-0.3, -0.25) is 0 Å². The van der Waals surface area contributed by atoms with E-state index in [0.717, 1.165) is 13.0 Å². The number of aliphatic hydroxyl groups excluding tert-OH is 1. The third-order valence-electron chi connectivity index (χ3n) is 2.36. The number of hydrogen-bond acceptors (Lipinski definition) is 3. The van der Waals surface area contributed by atoms with Crippen molar-refractivity contribution in [2.45, 2.75) is 32.2 Å². The van der Waals surface area contributed by atoms with Gasteiger partial charge < -0.3 is 10.4 Å². The Morgan fingerprint density at radius 2 is 2.33 bits per heavy atom. The van der Waals surface area contributed by atoms with Crippen LogP contribution < -0.4 is 5.32 Å². The van der Waals surface area contributed by atoms with Crippen LogP contribution in [-0.2, 0) is 4.79 Å². The standard InChI is InChI=1S/C12H17NO2/c1-2-3-4-7-13-12-6-5-11(15)8-10(12)9-14/h5-6,8,12-13,15H,2-4,7H2,1H3. The van der Waals surface area contributed by atoms with E-state index in [-0.39, 0.29) is 11.8 Å². The second kappa shape index (κ2) is 6.23. The number of carbonyl (C=O) groups excluding carboxylic acids is 1. The summed E-state index contributed by atoms with van der Waals surface area (Å²) in [7, 11) is 0. The fraction of sp³-hybridized carbons (Fsp3) is 0.500. The van der Waals surface area contributed by atoms with Gasteiger partial charge in [-0.25, -0.2) is 4.79 Å². The molecule has 0 spiro atoms. The van der Waals surface area contributed by atoms with E-state index in [1.54, 1.807) is 12.2 Å². The molecule has 0 radical (unpaired) electrons. The summed E-state index contributed by atoms with van der Waals surface area (Å²) in [5.74, 6) is 1.95. The van der Waals surface area contributed by atoms with Crippen molar-refractivity contribution < 1.29 is 9.90 Å². The number of allylic oxidation sites excluding steroid dienone is 1. The molecule has 0 heterocycles. The fourth-order valence-electron chi connectivity index (χ4n) is 1.50. The van der Waals surface area contributed by atoms with Crippen molar-refractivity contribution in [1.82, 2.24) is 5.32 Å². The molecule has 1 aliphatic rings. The maximum Gasteiger partial charge on any atom is 0.130 e. The van der Waals surface area contributed by atoms with Crippen LogP contribution in [0, 0.1) is 0 Å². The highest BCUT2D eigenvalue weighted by molar-refractivity contribution is 5.62. The van der Waals surface area contributed by atoms with E-state index in [1.807, 2.05) is 5.94 Å². The third kappa shape index (κ3) is 3.74. The highest BCUT2D eigenvalue weighted by atomic mass is 16.3. The number of nitrogens with one attached hydrogen (secondary N) is 1. The molecule has 1 rings (SSSR count). The quantitative estimate of drug-likeness (QED) is 0.534. The van der Waals surface area contributed by atoms with Crippen molar-refractivity contribution in [3.8, 4) is 0 Å².